The Labute approximate surface area is 119 Å². The molecule has 1 aliphatic heterocycles. The van der Waals surface area contributed by atoms with Gasteiger partial charge in [0.25, 0.3) is 0 Å². The molecule has 3 N–H and O–H groups in total. The monoisotopic (exact) mass is 272 g/mol. The molecule has 1 amide bonds. The molecule has 0 unspecified atom stereocenters. The van der Waals surface area contributed by atoms with Crippen LogP contribution in [0.4, 0.5) is 5.69 Å². The van der Waals surface area contributed by atoms with Crippen LogP contribution in [0.25, 0.3) is 0 Å². The third-order valence-corrected chi connectivity index (χ3v) is 3.62. The van der Waals surface area contributed by atoms with Crippen molar-refractivity contribution in [2.24, 2.45) is 5.73 Å². The SMILES string of the molecule is Cc1ccc(NC2CCN(CC(N)=O)CC2)c(C#N)c1. The summed E-state index contributed by atoms with van der Waals surface area (Å²) in [6.45, 7) is 4.02. The van der Waals surface area contributed by atoms with Crippen molar-refractivity contribution >= 4 is 11.6 Å². The number of nitrogens with two attached hydrogens (primary N) is 1. The second-order valence-electron chi connectivity index (χ2n) is 5.32. The fraction of sp³-hybridized carbons (Fsp3) is 0.467. The molecule has 5 heteroatoms. The van der Waals surface area contributed by atoms with E-state index in [1.165, 1.54) is 0 Å². The minimum Gasteiger partial charge on any atom is -0.381 e. The van der Waals surface area contributed by atoms with Crippen LogP contribution in [0.2, 0.25) is 0 Å². The maximum absolute atomic E-state index is 10.9. The van der Waals surface area contributed by atoms with Gasteiger partial charge in [0.05, 0.1) is 17.8 Å². The summed E-state index contributed by atoms with van der Waals surface area (Å²) in [5, 5.41) is 12.6. The van der Waals surface area contributed by atoms with Gasteiger partial charge in [0.2, 0.25) is 5.91 Å². The zero-order valence-corrected chi connectivity index (χ0v) is 11.7. The first-order valence-electron chi connectivity index (χ1n) is 6.86. The average molecular weight is 272 g/mol. The number of carbonyl (C=O) groups excluding carboxylic acids is 1. The Bertz CT molecular complexity index is 527. The number of nitrogens with zero attached hydrogens (tertiary/aromatic N) is 2. The minimum atomic E-state index is -0.276. The molecule has 2 rings (SSSR count). The molecule has 1 aromatic carbocycles. The number of hydrogen-bond acceptors (Lipinski definition) is 4. The van der Waals surface area contributed by atoms with Crippen LogP contribution >= 0.6 is 0 Å². The lowest BCUT2D eigenvalue weighted by Gasteiger charge is -2.32. The van der Waals surface area contributed by atoms with Crippen LogP contribution in [0.1, 0.15) is 24.0 Å². The largest absolute Gasteiger partial charge is 0.381 e. The minimum absolute atomic E-state index is 0.276. The van der Waals surface area contributed by atoms with E-state index < -0.39 is 0 Å². The van der Waals surface area contributed by atoms with Crippen LogP contribution < -0.4 is 11.1 Å². The van der Waals surface area contributed by atoms with E-state index in [0.717, 1.165) is 37.2 Å². The van der Waals surface area contributed by atoms with Crippen LogP contribution in [0, 0.1) is 18.3 Å². The zero-order chi connectivity index (χ0) is 14.5. The summed E-state index contributed by atoms with van der Waals surface area (Å²) in [4.78, 5) is 13.0. The lowest BCUT2D eigenvalue weighted by molar-refractivity contribution is -0.119. The molecule has 0 saturated carbocycles. The molecule has 5 nitrogen and oxygen atoms in total. The molecule has 20 heavy (non-hydrogen) atoms. The molecule has 106 valence electrons. The van der Waals surface area contributed by atoms with Gasteiger partial charge in [0, 0.05) is 19.1 Å². The number of nitriles is 1. The number of primary amides is 1. The summed E-state index contributed by atoms with van der Waals surface area (Å²) in [6, 6.07) is 8.43. The van der Waals surface area contributed by atoms with Crippen LogP contribution in [0.3, 0.4) is 0 Å². The highest BCUT2D eigenvalue weighted by Crippen LogP contribution is 2.21. The Balaban J connectivity index is 1.93. The van der Waals surface area contributed by atoms with E-state index in [1.54, 1.807) is 0 Å². The summed E-state index contributed by atoms with van der Waals surface area (Å²) in [5.41, 5.74) is 7.87. The molecular formula is C15H20N4O. The predicted octanol–water partition coefficient (Wildman–Crippen LogP) is 1.23. The van der Waals surface area contributed by atoms with Crippen LogP contribution in [0.15, 0.2) is 18.2 Å². The van der Waals surface area contributed by atoms with Gasteiger partial charge in [-0.3, -0.25) is 9.69 Å². The normalized spacial score (nSPS) is 16.6. The quantitative estimate of drug-likeness (QED) is 0.863. The lowest BCUT2D eigenvalue weighted by atomic mass is 10.0. The van der Waals surface area contributed by atoms with Crippen molar-refractivity contribution in [3.05, 3.63) is 29.3 Å². The fourth-order valence-corrected chi connectivity index (χ4v) is 2.55. The lowest BCUT2D eigenvalue weighted by Crippen LogP contribution is -2.43. The zero-order valence-electron chi connectivity index (χ0n) is 11.7. The number of anilines is 1. The van der Waals surface area contributed by atoms with E-state index in [2.05, 4.69) is 16.3 Å². The topological polar surface area (TPSA) is 82.2 Å². The molecule has 0 spiro atoms. The van der Waals surface area contributed by atoms with E-state index in [-0.39, 0.29) is 5.91 Å². The maximum atomic E-state index is 10.9. The van der Waals surface area contributed by atoms with Crippen molar-refractivity contribution in [2.75, 3.05) is 25.0 Å². The third kappa shape index (κ3) is 3.72. The maximum Gasteiger partial charge on any atom is 0.231 e. The Morgan fingerprint density at radius 3 is 2.80 bits per heavy atom. The molecule has 1 fully saturated rings. The van der Waals surface area contributed by atoms with Crippen molar-refractivity contribution < 1.29 is 4.79 Å². The van der Waals surface area contributed by atoms with Gasteiger partial charge < -0.3 is 11.1 Å². The Morgan fingerprint density at radius 1 is 1.50 bits per heavy atom. The number of benzene rings is 1. The van der Waals surface area contributed by atoms with Gasteiger partial charge in [-0.1, -0.05) is 6.07 Å². The summed E-state index contributed by atoms with van der Waals surface area (Å²) in [5.74, 6) is -0.276. The van der Waals surface area contributed by atoms with Gasteiger partial charge in [-0.15, -0.1) is 0 Å². The fourth-order valence-electron chi connectivity index (χ4n) is 2.55. The Morgan fingerprint density at radius 2 is 2.20 bits per heavy atom. The number of nitrogens with one attached hydrogen (secondary N) is 1. The highest BCUT2D eigenvalue weighted by molar-refractivity contribution is 5.75. The predicted molar refractivity (Wildman–Crippen MR) is 78.2 cm³/mol. The van der Waals surface area contributed by atoms with Gasteiger partial charge in [-0.25, -0.2) is 0 Å². The van der Waals surface area contributed by atoms with E-state index in [4.69, 9.17) is 11.0 Å². The van der Waals surface area contributed by atoms with Crippen LogP contribution in [0.5, 0.6) is 0 Å². The average Bonchev–Trinajstić information content (AvgIpc) is 2.42. The van der Waals surface area contributed by atoms with Gasteiger partial charge in [-0.2, -0.15) is 5.26 Å². The van der Waals surface area contributed by atoms with Crippen molar-refractivity contribution in [2.45, 2.75) is 25.8 Å². The molecular weight excluding hydrogens is 252 g/mol. The van der Waals surface area contributed by atoms with Crippen molar-refractivity contribution in [1.29, 1.82) is 5.26 Å². The van der Waals surface area contributed by atoms with Crippen molar-refractivity contribution in [3.63, 3.8) is 0 Å². The Hall–Kier alpha value is -2.06. The number of amides is 1. The van der Waals surface area contributed by atoms with Gasteiger partial charge in [-0.05, 0) is 37.5 Å². The van der Waals surface area contributed by atoms with Gasteiger partial charge in [0.15, 0.2) is 0 Å². The highest BCUT2D eigenvalue weighted by atomic mass is 16.1. The number of likely N-dealkylation sites (tertiary alicyclic amines) is 1. The second-order valence-corrected chi connectivity index (χ2v) is 5.32. The number of carbonyl (C=O) groups is 1. The molecule has 0 bridgehead atoms. The van der Waals surface area contributed by atoms with E-state index in [1.807, 2.05) is 25.1 Å². The molecule has 1 aromatic rings. The van der Waals surface area contributed by atoms with Gasteiger partial charge in [0.1, 0.15) is 6.07 Å². The molecule has 1 saturated heterocycles. The molecule has 0 radical (unpaired) electrons. The van der Waals surface area contributed by atoms with Gasteiger partial charge >= 0.3 is 0 Å². The summed E-state index contributed by atoms with van der Waals surface area (Å²) >= 11 is 0. The van der Waals surface area contributed by atoms with Crippen LogP contribution in [-0.4, -0.2) is 36.5 Å². The van der Waals surface area contributed by atoms with E-state index in [9.17, 15) is 4.79 Å². The summed E-state index contributed by atoms with van der Waals surface area (Å²) in [7, 11) is 0. The smallest absolute Gasteiger partial charge is 0.231 e. The number of aryl methyl sites for hydroxylation is 1. The first-order valence-corrected chi connectivity index (χ1v) is 6.86. The number of rotatable bonds is 4. The highest BCUT2D eigenvalue weighted by Gasteiger charge is 2.20. The molecule has 1 aliphatic rings. The third-order valence-electron chi connectivity index (χ3n) is 3.62. The number of hydrogen-bond donors (Lipinski definition) is 2. The molecule has 0 atom stereocenters. The van der Waals surface area contributed by atoms with Crippen LogP contribution in [-0.2, 0) is 4.79 Å². The van der Waals surface area contributed by atoms with E-state index >= 15 is 0 Å². The first kappa shape index (κ1) is 14.4. The first-order chi connectivity index (χ1) is 9.58. The molecule has 0 aliphatic carbocycles. The molecule has 1 heterocycles. The van der Waals surface area contributed by atoms with Crippen molar-refractivity contribution in [3.8, 4) is 6.07 Å². The second kappa shape index (κ2) is 6.40. The number of piperidine rings is 1. The summed E-state index contributed by atoms with van der Waals surface area (Å²) < 4.78 is 0. The Kier molecular flexibility index (Phi) is 4.59. The molecule has 0 aromatic heterocycles. The summed E-state index contributed by atoms with van der Waals surface area (Å²) in [6.07, 6.45) is 1.90. The van der Waals surface area contributed by atoms with E-state index in [0.29, 0.717) is 18.2 Å². The van der Waals surface area contributed by atoms with Crippen molar-refractivity contribution in [1.82, 2.24) is 4.90 Å². The standard InChI is InChI=1S/C15H20N4O/c1-11-2-3-14(12(8-11)9-16)18-13-4-6-19(7-5-13)10-15(17)20/h2-3,8,13,18H,4-7,10H2,1H3,(H2,17,20).